The van der Waals surface area contributed by atoms with E-state index < -0.39 is 82.7 Å². The van der Waals surface area contributed by atoms with Crippen LogP contribution in [-0.4, -0.2) is 65.8 Å². The molecular weight excluding hydrogens is 520 g/mol. The monoisotopic (exact) mass is 544 g/mol. The molecule has 10 heteroatoms. The van der Waals surface area contributed by atoms with E-state index in [0.717, 1.165) is 0 Å². The SMILES string of the molecule is Cc1cc(O)c2c(c1)C(=O)[C@@]13Oc4c5c(c(O)c6c(O)cc(C)cc46)C(=O)C[C@H](O)[C@H]5[C@@H]1[C@@H](O)CC(=O)C3=C2O. The summed E-state index contributed by atoms with van der Waals surface area (Å²) in [6, 6.07) is 5.70. The lowest BCUT2D eigenvalue weighted by atomic mass is 9.54. The molecule has 4 aliphatic rings. The maximum Gasteiger partial charge on any atom is 0.212 e. The first-order valence-corrected chi connectivity index (χ1v) is 12.8. The van der Waals surface area contributed by atoms with Gasteiger partial charge in [0.1, 0.15) is 28.8 Å². The highest BCUT2D eigenvalue weighted by atomic mass is 16.5. The fraction of sp³-hybridized carbons (Fsp3) is 0.300. The molecule has 10 nitrogen and oxygen atoms in total. The summed E-state index contributed by atoms with van der Waals surface area (Å²) in [5.74, 6) is -6.86. The zero-order valence-corrected chi connectivity index (χ0v) is 21.3. The Morgan fingerprint density at radius 1 is 0.825 bits per heavy atom. The van der Waals surface area contributed by atoms with Crippen molar-refractivity contribution >= 4 is 33.9 Å². The van der Waals surface area contributed by atoms with Gasteiger partial charge in [-0.2, -0.15) is 0 Å². The normalized spacial score (nSPS) is 28.6. The number of aliphatic hydroxyl groups is 3. The summed E-state index contributed by atoms with van der Waals surface area (Å²) >= 11 is 0. The molecule has 0 unspecified atom stereocenters. The van der Waals surface area contributed by atoms with E-state index in [0.29, 0.717) is 11.1 Å². The second-order valence-electron chi connectivity index (χ2n) is 11.2. The number of ketones is 3. The van der Waals surface area contributed by atoms with Crippen molar-refractivity contribution in [3.05, 3.63) is 63.2 Å². The number of rotatable bonds is 0. The summed E-state index contributed by atoms with van der Waals surface area (Å²) < 4.78 is 6.49. The van der Waals surface area contributed by atoms with E-state index >= 15 is 0 Å². The third kappa shape index (κ3) is 2.72. The summed E-state index contributed by atoms with van der Waals surface area (Å²) in [6.45, 7) is 3.30. The zero-order valence-electron chi connectivity index (χ0n) is 21.3. The third-order valence-corrected chi connectivity index (χ3v) is 8.81. The van der Waals surface area contributed by atoms with Gasteiger partial charge in [-0.3, -0.25) is 14.4 Å². The van der Waals surface area contributed by atoms with Crippen LogP contribution in [0.4, 0.5) is 0 Å². The number of aromatic hydroxyl groups is 3. The van der Waals surface area contributed by atoms with Crippen LogP contribution in [-0.2, 0) is 4.79 Å². The molecule has 5 atom stereocenters. The minimum Gasteiger partial charge on any atom is -0.507 e. The summed E-state index contributed by atoms with van der Waals surface area (Å²) in [6.07, 6.45) is -3.96. The number of hydrogen-bond acceptors (Lipinski definition) is 10. The molecule has 1 heterocycles. The Labute approximate surface area is 226 Å². The van der Waals surface area contributed by atoms with Crippen LogP contribution in [0.3, 0.4) is 0 Å². The Morgan fingerprint density at radius 3 is 2.20 bits per heavy atom. The number of benzene rings is 3. The molecule has 1 fully saturated rings. The lowest BCUT2D eigenvalue weighted by molar-refractivity contribution is -0.132. The van der Waals surface area contributed by atoms with Gasteiger partial charge in [-0.25, -0.2) is 0 Å². The van der Waals surface area contributed by atoms with Crippen LogP contribution in [0.2, 0.25) is 0 Å². The maximum atomic E-state index is 14.5. The van der Waals surface area contributed by atoms with E-state index in [4.69, 9.17) is 4.74 Å². The van der Waals surface area contributed by atoms with E-state index in [1.54, 1.807) is 19.9 Å². The van der Waals surface area contributed by atoms with Gasteiger partial charge in [0.2, 0.25) is 11.4 Å². The molecule has 40 heavy (non-hydrogen) atoms. The van der Waals surface area contributed by atoms with Crippen molar-refractivity contribution in [3.63, 3.8) is 0 Å². The number of Topliss-reactive ketones (excluding diaryl/α,β-unsaturated/α-hetero) is 3. The molecule has 3 aromatic carbocycles. The van der Waals surface area contributed by atoms with Crippen LogP contribution >= 0.6 is 0 Å². The zero-order chi connectivity index (χ0) is 28.6. The first-order chi connectivity index (χ1) is 18.9. The predicted octanol–water partition coefficient (Wildman–Crippen LogP) is 2.85. The number of aryl methyl sites for hydroxylation is 2. The quantitative estimate of drug-likeness (QED) is 0.246. The van der Waals surface area contributed by atoms with Gasteiger partial charge in [-0.05, 0) is 49.2 Å². The number of hydrogen-bond donors (Lipinski definition) is 6. The van der Waals surface area contributed by atoms with Crippen LogP contribution in [0.25, 0.3) is 16.5 Å². The number of phenolic OH excluding ortho intramolecular Hbond substituents is 3. The second-order valence-corrected chi connectivity index (χ2v) is 11.2. The predicted molar refractivity (Wildman–Crippen MR) is 139 cm³/mol. The Bertz CT molecular complexity index is 1800. The molecule has 3 aliphatic carbocycles. The van der Waals surface area contributed by atoms with Gasteiger partial charge >= 0.3 is 0 Å². The number of ether oxygens (including phenoxy) is 1. The fourth-order valence-corrected chi connectivity index (χ4v) is 7.42. The highest BCUT2D eigenvalue weighted by molar-refractivity contribution is 6.23. The van der Waals surface area contributed by atoms with Gasteiger partial charge in [-0.1, -0.05) is 0 Å². The van der Waals surface area contributed by atoms with Crippen molar-refractivity contribution in [2.75, 3.05) is 0 Å². The van der Waals surface area contributed by atoms with Gasteiger partial charge in [0.25, 0.3) is 0 Å². The average Bonchev–Trinajstić information content (AvgIpc) is 2.85. The van der Waals surface area contributed by atoms with Gasteiger partial charge in [0.05, 0.1) is 34.3 Å². The lowest BCUT2D eigenvalue weighted by Crippen LogP contribution is -2.67. The van der Waals surface area contributed by atoms with Crippen molar-refractivity contribution in [3.8, 4) is 23.0 Å². The van der Waals surface area contributed by atoms with Crippen LogP contribution in [0.1, 0.15) is 61.7 Å². The average molecular weight is 545 g/mol. The minimum atomic E-state index is -2.34. The maximum absolute atomic E-state index is 14.5. The number of fused-ring (bicyclic) bond motifs is 4. The van der Waals surface area contributed by atoms with Gasteiger partial charge in [0, 0.05) is 41.2 Å². The second kappa shape index (κ2) is 7.61. The van der Waals surface area contributed by atoms with E-state index in [-0.39, 0.29) is 44.5 Å². The summed E-state index contributed by atoms with van der Waals surface area (Å²) in [4.78, 5) is 41.2. The third-order valence-electron chi connectivity index (χ3n) is 8.81. The summed E-state index contributed by atoms with van der Waals surface area (Å²) in [5.41, 5.74) is -2.30. The lowest BCUT2D eigenvalue weighted by Gasteiger charge is -2.55. The van der Waals surface area contributed by atoms with Crippen LogP contribution < -0.4 is 4.74 Å². The Morgan fingerprint density at radius 2 is 1.48 bits per heavy atom. The molecule has 1 spiro atoms. The van der Waals surface area contributed by atoms with E-state index in [2.05, 4.69) is 0 Å². The van der Waals surface area contributed by atoms with Crippen LogP contribution in [0.15, 0.2) is 29.8 Å². The van der Waals surface area contributed by atoms with Gasteiger partial charge in [0.15, 0.2) is 11.6 Å². The van der Waals surface area contributed by atoms with E-state index in [1.165, 1.54) is 18.2 Å². The summed E-state index contributed by atoms with van der Waals surface area (Å²) in [7, 11) is 0. The van der Waals surface area contributed by atoms with Gasteiger partial charge in [-0.15, -0.1) is 0 Å². The van der Waals surface area contributed by atoms with Crippen LogP contribution in [0.5, 0.6) is 23.0 Å². The molecule has 0 aromatic heterocycles. The standard InChI is InChI=1S/C30H24O10/c1-9-3-11-19(13(31)5-9)26(37)22-16(34)7-15(33)21-23(22)28(11)40-30-24(21)17(35)8-18(36)25(30)27(38)20-12(29(30)39)4-10(2)6-14(20)32/h3-6,15,17,21,24,31-33,35,37-38H,7-8H2,1-2H3/t15-,17-,21+,24-,30+/m0/s1. The van der Waals surface area contributed by atoms with Crippen molar-refractivity contribution < 1.29 is 49.8 Å². The molecular formula is C30H24O10. The van der Waals surface area contributed by atoms with Crippen molar-refractivity contribution in [1.82, 2.24) is 0 Å². The molecule has 0 bridgehead atoms. The van der Waals surface area contributed by atoms with E-state index in [9.17, 15) is 45.0 Å². The number of aliphatic hydroxyl groups excluding tert-OH is 3. The highest BCUT2D eigenvalue weighted by Gasteiger charge is 2.69. The molecule has 1 saturated carbocycles. The molecule has 6 N–H and O–H groups in total. The molecule has 3 aromatic rings. The van der Waals surface area contributed by atoms with Crippen molar-refractivity contribution in [2.45, 2.75) is 50.4 Å². The Hall–Kier alpha value is -4.41. The Kier molecular flexibility index (Phi) is 4.69. The minimum absolute atomic E-state index is 0.0623. The number of phenols is 3. The molecule has 7 rings (SSSR count). The number of carbonyl (C=O) groups is 3. The molecule has 1 aliphatic heterocycles. The molecule has 0 radical (unpaired) electrons. The first kappa shape index (κ1) is 24.6. The number of carbonyl (C=O) groups excluding carboxylic acids is 3. The summed E-state index contributed by atoms with van der Waals surface area (Å²) in [5, 5.41) is 66.8. The van der Waals surface area contributed by atoms with Crippen molar-refractivity contribution in [2.24, 2.45) is 5.92 Å². The molecule has 0 saturated heterocycles. The fourth-order valence-electron chi connectivity index (χ4n) is 7.42. The topological polar surface area (TPSA) is 182 Å². The Balaban J connectivity index is 1.67. The highest BCUT2D eigenvalue weighted by Crippen LogP contribution is 2.63. The van der Waals surface area contributed by atoms with Crippen LogP contribution in [0, 0.1) is 19.8 Å². The smallest absolute Gasteiger partial charge is 0.212 e. The van der Waals surface area contributed by atoms with Gasteiger partial charge < -0.3 is 35.4 Å². The van der Waals surface area contributed by atoms with Crippen molar-refractivity contribution in [1.29, 1.82) is 0 Å². The molecule has 0 amide bonds. The molecule has 204 valence electrons. The van der Waals surface area contributed by atoms with E-state index in [1.807, 2.05) is 0 Å². The first-order valence-electron chi connectivity index (χ1n) is 12.8. The largest absolute Gasteiger partial charge is 0.507 e.